The van der Waals surface area contributed by atoms with E-state index in [0.29, 0.717) is 6.07 Å². The highest BCUT2D eigenvalue weighted by Gasteiger charge is 2.41. The van der Waals surface area contributed by atoms with E-state index in [0.717, 1.165) is 6.07 Å². The van der Waals surface area contributed by atoms with E-state index in [1.807, 2.05) is 10.6 Å². The van der Waals surface area contributed by atoms with Crippen LogP contribution in [0.3, 0.4) is 0 Å². The van der Waals surface area contributed by atoms with Crippen LogP contribution < -0.4 is 26.6 Å². The first-order chi connectivity index (χ1) is 17.3. The number of imide groups is 2. The summed E-state index contributed by atoms with van der Waals surface area (Å²) in [7, 11) is -8.88. The van der Waals surface area contributed by atoms with Gasteiger partial charge in [-0.1, -0.05) is 11.6 Å². The predicted octanol–water partition coefficient (Wildman–Crippen LogP) is -1.89. The second kappa shape index (κ2) is 9.41. The predicted molar refractivity (Wildman–Crippen MR) is 125 cm³/mol. The molecule has 6 N–H and O–H groups in total. The molecule has 5 amide bonds. The van der Waals surface area contributed by atoms with Gasteiger partial charge in [0.05, 0.1) is 10.4 Å². The fourth-order valence-corrected chi connectivity index (χ4v) is 5.42. The maximum atomic E-state index is 13.0. The van der Waals surface area contributed by atoms with Gasteiger partial charge in [0.25, 0.3) is 5.91 Å². The number of primary sulfonamides is 1. The highest BCUT2D eigenvalue weighted by molar-refractivity contribution is 7.89. The summed E-state index contributed by atoms with van der Waals surface area (Å²) in [6.07, 6.45) is 2.62. The standard InChI is InChI=1S/C18H13ClN8O8S2/c19-8-5-9-11(6-10(8)36(20,32)33)37(34,35)27-14(22-9)13(12-16(29)23-18(31)24-17(12)30)25-26-15(28)7-1-3-21-4-2-7/h1-6,12H,(H,26,28)(H2,20,32,33)(H,22,27,34,35)(H2,23,24,29,30,31). The molecular formula is C18H13ClN8O8S2. The highest BCUT2D eigenvalue weighted by atomic mass is 35.5. The number of barbiturate groups is 1. The number of nitrogens with two attached hydrogens (primary N) is 1. The third-order valence-electron chi connectivity index (χ3n) is 4.76. The van der Waals surface area contributed by atoms with Crippen LogP contribution >= 0.6 is 11.6 Å². The molecule has 1 saturated heterocycles. The van der Waals surface area contributed by atoms with Crippen LogP contribution in [0.4, 0.5) is 4.79 Å². The lowest BCUT2D eigenvalue weighted by atomic mass is 9.99. The second-order valence-corrected chi connectivity index (χ2v) is 10.8. The SMILES string of the molecule is NS(=O)(=O)c1cc2c(cc1Cl)=NC(C(=NNC(=O)c1ccncc1)C1C(=O)NC(=O)NC1=O)=NS=2(=O)O. The van der Waals surface area contributed by atoms with Gasteiger partial charge in [-0.15, -0.1) is 4.40 Å². The number of aromatic nitrogens is 1. The van der Waals surface area contributed by atoms with Crippen molar-refractivity contribution in [1.29, 1.82) is 0 Å². The fraction of sp³-hybridized carbons (Fsp3) is 0.0556. The van der Waals surface area contributed by atoms with Gasteiger partial charge >= 0.3 is 6.03 Å². The van der Waals surface area contributed by atoms with E-state index in [9.17, 15) is 36.4 Å². The van der Waals surface area contributed by atoms with E-state index in [1.54, 1.807) is 0 Å². The number of amidine groups is 1. The largest absolute Gasteiger partial charge is 0.328 e. The molecule has 0 bridgehead atoms. The number of carbonyl (C=O) groups is 4. The van der Waals surface area contributed by atoms with Gasteiger partial charge in [-0.05, 0) is 24.3 Å². The van der Waals surface area contributed by atoms with Gasteiger partial charge in [-0.2, -0.15) is 5.10 Å². The third kappa shape index (κ3) is 5.22. The number of urea groups is 1. The topological polar surface area (TPSA) is 252 Å². The molecule has 2 aliphatic heterocycles. The second-order valence-electron chi connectivity index (χ2n) is 7.23. The van der Waals surface area contributed by atoms with Crippen molar-refractivity contribution < 1.29 is 36.4 Å². The number of pyridine rings is 1. The van der Waals surface area contributed by atoms with Crippen LogP contribution in [0.2, 0.25) is 5.02 Å². The number of hydrogen-bond acceptors (Lipinski definition) is 10. The molecule has 2 aliphatic rings. The Morgan fingerprint density at radius 1 is 1.16 bits per heavy atom. The van der Waals surface area contributed by atoms with Crippen LogP contribution in [-0.2, 0) is 29.6 Å². The van der Waals surface area contributed by atoms with E-state index < -0.39 is 75.7 Å². The summed E-state index contributed by atoms with van der Waals surface area (Å²) in [5, 5.41) is 11.7. The number of halogens is 1. The van der Waals surface area contributed by atoms with Crippen molar-refractivity contribution in [3.8, 4) is 0 Å². The quantitative estimate of drug-likeness (QED) is 0.117. The fourth-order valence-electron chi connectivity index (χ4n) is 3.14. The van der Waals surface area contributed by atoms with Crippen molar-refractivity contribution in [3.05, 3.63) is 57.1 Å². The molecule has 0 radical (unpaired) electrons. The van der Waals surface area contributed by atoms with E-state index >= 15 is 0 Å². The van der Waals surface area contributed by atoms with Crippen LogP contribution in [0.25, 0.3) is 0 Å². The number of amides is 5. The molecule has 16 nitrogen and oxygen atoms in total. The summed E-state index contributed by atoms with van der Waals surface area (Å²) in [6, 6.07) is 3.13. The van der Waals surface area contributed by atoms with Crippen molar-refractivity contribution in [1.82, 2.24) is 21.0 Å². The van der Waals surface area contributed by atoms with Crippen molar-refractivity contribution >= 4 is 66.9 Å². The van der Waals surface area contributed by atoms with Gasteiger partial charge in [0.2, 0.25) is 21.8 Å². The number of nitrogens with zero attached hydrogens (tertiary/aromatic N) is 4. The summed E-state index contributed by atoms with van der Waals surface area (Å²) < 4.78 is 50.1. The van der Waals surface area contributed by atoms with E-state index in [-0.39, 0.29) is 10.9 Å². The van der Waals surface area contributed by atoms with Crippen molar-refractivity contribution in [2.45, 2.75) is 4.90 Å². The third-order valence-corrected chi connectivity index (χ3v) is 7.46. The Bertz CT molecular complexity index is 1760. The number of benzene rings is 1. The number of hydrazone groups is 1. The maximum absolute atomic E-state index is 13.0. The maximum Gasteiger partial charge on any atom is 0.328 e. The van der Waals surface area contributed by atoms with Gasteiger partial charge in [-0.25, -0.2) is 33.0 Å². The molecule has 192 valence electrons. The molecule has 1 atom stereocenters. The van der Waals surface area contributed by atoms with Gasteiger partial charge < -0.3 is 0 Å². The number of hydrogen-bond donors (Lipinski definition) is 5. The smallest absolute Gasteiger partial charge is 0.296 e. The minimum absolute atomic E-state index is 0.0759. The molecule has 0 spiro atoms. The van der Waals surface area contributed by atoms with E-state index in [1.165, 1.54) is 24.5 Å². The Balaban J connectivity index is 1.90. The molecule has 1 aromatic carbocycles. The Kier molecular flexibility index (Phi) is 6.60. The van der Waals surface area contributed by atoms with Crippen molar-refractivity contribution in [3.63, 3.8) is 0 Å². The molecule has 3 heterocycles. The minimum atomic E-state index is -4.48. The van der Waals surface area contributed by atoms with Crippen LogP contribution in [0.5, 0.6) is 0 Å². The number of fused-ring (bicyclic) bond motifs is 1. The number of carbonyl (C=O) groups excluding carboxylic acids is 4. The summed E-state index contributed by atoms with van der Waals surface area (Å²) in [4.78, 5) is 56.1. The summed E-state index contributed by atoms with van der Waals surface area (Å²) in [5.41, 5.74) is 1.43. The Labute approximate surface area is 211 Å². The average Bonchev–Trinajstić information content (AvgIpc) is 2.79. The number of rotatable bonds is 5. The summed E-state index contributed by atoms with van der Waals surface area (Å²) in [5.74, 6) is -5.93. The lowest BCUT2D eigenvalue weighted by molar-refractivity contribution is -0.132. The number of sulfonamides is 1. The van der Waals surface area contributed by atoms with Gasteiger partial charge in [0, 0.05) is 18.0 Å². The number of nitrogens with one attached hydrogen (secondary N) is 3. The first-order valence-electron chi connectivity index (χ1n) is 9.66. The Hall–Kier alpha value is -4.10. The first-order valence-corrected chi connectivity index (χ1v) is 13.1. The normalized spacial score (nSPS) is 20.2. The molecule has 4 rings (SSSR count). The molecule has 1 fully saturated rings. The Morgan fingerprint density at radius 3 is 2.38 bits per heavy atom. The summed E-state index contributed by atoms with van der Waals surface area (Å²) in [6.45, 7) is 0. The molecular weight excluding hydrogens is 556 g/mol. The van der Waals surface area contributed by atoms with Crippen LogP contribution in [0, 0.1) is 10.4 Å². The first kappa shape index (κ1) is 26.0. The highest BCUT2D eigenvalue weighted by Crippen LogP contribution is 2.20. The molecule has 1 unspecified atom stereocenters. The van der Waals surface area contributed by atoms with E-state index in [4.69, 9.17) is 16.7 Å². The zero-order valence-electron chi connectivity index (χ0n) is 17.9. The molecule has 0 aliphatic carbocycles. The lowest BCUT2D eigenvalue weighted by Gasteiger charge is -2.22. The monoisotopic (exact) mass is 568 g/mol. The van der Waals surface area contributed by atoms with Crippen molar-refractivity contribution in [2.24, 2.45) is 25.5 Å². The minimum Gasteiger partial charge on any atom is -0.296 e. The molecule has 2 aromatic rings. The molecule has 19 heteroatoms. The lowest BCUT2D eigenvalue weighted by Crippen LogP contribution is -2.59. The van der Waals surface area contributed by atoms with Gasteiger partial charge in [0.15, 0.2) is 21.7 Å². The van der Waals surface area contributed by atoms with Crippen molar-refractivity contribution in [2.75, 3.05) is 0 Å². The average molecular weight is 569 g/mol. The molecule has 0 saturated carbocycles. The molecule has 1 aromatic heterocycles. The van der Waals surface area contributed by atoms with Crippen LogP contribution in [0.1, 0.15) is 10.4 Å². The zero-order valence-corrected chi connectivity index (χ0v) is 20.3. The summed E-state index contributed by atoms with van der Waals surface area (Å²) >= 11 is 5.96. The van der Waals surface area contributed by atoms with Gasteiger partial charge in [0.1, 0.15) is 15.1 Å². The van der Waals surface area contributed by atoms with Crippen LogP contribution in [0.15, 0.2) is 56.0 Å². The van der Waals surface area contributed by atoms with Gasteiger partial charge in [-0.3, -0.25) is 34.6 Å². The van der Waals surface area contributed by atoms with E-state index in [2.05, 4.69) is 24.9 Å². The molecule has 37 heavy (non-hydrogen) atoms. The zero-order chi connectivity index (χ0) is 27.1. The Morgan fingerprint density at radius 2 is 1.78 bits per heavy atom. The van der Waals surface area contributed by atoms with Crippen LogP contribution in [-0.4, -0.2) is 57.5 Å².